The number of carbonyl (C=O) groups excluding carboxylic acids is 1. The molecule has 0 spiro atoms. The number of amides is 1. The van der Waals surface area contributed by atoms with E-state index in [0.29, 0.717) is 28.4 Å². The van der Waals surface area contributed by atoms with Crippen molar-refractivity contribution in [3.63, 3.8) is 0 Å². The van der Waals surface area contributed by atoms with Gasteiger partial charge in [0.15, 0.2) is 11.5 Å². The highest BCUT2D eigenvalue weighted by atomic mass is 79.9. The summed E-state index contributed by atoms with van der Waals surface area (Å²) in [4.78, 5) is 17.2. The van der Waals surface area contributed by atoms with Gasteiger partial charge in [-0.25, -0.2) is 0 Å². The normalized spacial score (nSPS) is 10.4. The predicted molar refractivity (Wildman–Crippen MR) is 110 cm³/mol. The van der Waals surface area contributed by atoms with Gasteiger partial charge in [-0.15, -0.1) is 0 Å². The van der Waals surface area contributed by atoms with Crippen molar-refractivity contribution in [1.82, 2.24) is 4.98 Å². The van der Waals surface area contributed by atoms with Crippen LogP contribution < -0.4 is 14.8 Å². The summed E-state index contributed by atoms with van der Waals surface area (Å²) >= 11 is 3.46. The Bertz CT molecular complexity index is 989. The summed E-state index contributed by atoms with van der Waals surface area (Å²) in [6.45, 7) is 1.82. The molecule has 27 heavy (non-hydrogen) atoms. The average molecular weight is 427 g/mol. The Morgan fingerprint density at radius 1 is 1.00 bits per heavy atom. The molecule has 3 aromatic rings. The topological polar surface area (TPSA) is 60.5 Å². The number of ether oxygens (including phenoxy) is 2. The molecule has 0 atom stereocenters. The molecule has 0 unspecified atom stereocenters. The lowest BCUT2D eigenvalue weighted by molar-refractivity contribution is 0.102. The maximum Gasteiger partial charge on any atom is 0.257 e. The number of nitrogens with zero attached hydrogens (tertiary/aromatic N) is 1. The quantitative estimate of drug-likeness (QED) is 0.616. The smallest absolute Gasteiger partial charge is 0.257 e. The first-order valence-electron chi connectivity index (χ1n) is 8.29. The molecule has 0 aliphatic heterocycles. The fourth-order valence-corrected chi connectivity index (χ4v) is 3.12. The van der Waals surface area contributed by atoms with Crippen LogP contribution in [-0.2, 0) is 0 Å². The van der Waals surface area contributed by atoms with Crippen LogP contribution in [0.2, 0.25) is 0 Å². The van der Waals surface area contributed by atoms with E-state index >= 15 is 0 Å². The Kier molecular flexibility index (Phi) is 5.76. The average Bonchev–Trinajstić information content (AvgIpc) is 2.67. The van der Waals surface area contributed by atoms with Gasteiger partial charge in [0.05, 0.1) is 31.2 Å². The minimum atomic E-state index is -0.229. The minimum absolute atomic E-state index is 0.229. The van der Waals surface area contributed by atoms with E-state index < -0.39 is 0 Å². The van der Waals surface area contributed by atoms with Crippen molar-refractivity contribution in [2.24, 2.45) is 0 Å². The number of hydrogen-bond acceptors (Lipinski definition) is 4. The van der Waals surface area contributed by atoms with E-state index in [9.17, 15) is 4.79 Å². The summed E-state index contributed by atoms with van der Waals surface area (Å²) < 4.78 is 11.5. The van der Waals surface area contributed by atoms with E-state index in [1.54, 1.807) is 38.5 Å². The number of halogens is 1. The lowest BCUT2D eigenvalue weighted by Gasteiger charge is -2.12. The molecule has 0 aliphatic rings. The van der Waals surface area contributed by atoms with Gasteiger partial charge in [0.1, 0.15) is 0 Å². The maximum atomic E-state index is 12.7. The zero-order valence-electron chi connectivity index (χ0n) is 15.2. The van der Waals surface area contributed by atoms with Gasteiger partial charge in [-0.2, -0.15) is 0 Å². The number of rotatable bonds is 5. The fraction of sp³-hybridized carbons (Fsp3) is 0.143. The van der Waals surface area contributed by atoms with E-state index in [1.807, 2.05) is 37.3 Å². The van der Waals surface area contributed by atoms with Crippen LogP contribution in [-0.4, -0.2) is 25.1 Å². The van der Waals surface area contributed by atoms with Gasteiger partial charge in [-0.3, -0.25) is 9.78 Å². The zero-order valence-corrected chi connectivity index (χ0v) is 16.8. The number of pyridine rings is 1. The van der Waals surface area contributed by atoms with E-state index in [0.717, 1.165) is 15.7 Å². The summed E-state index contributed by atoms with van der Waals surface area (Å²) in [6.07, 6.45) is 0. The van der Waals surface area contributed by atoms with Crippen LogP contribution in [0, 0.1) is 6.92 Å². The second-order valence-corrected chi connectivity index (χ2v) is 6.78. The third-order valence-electron chi connectivity index (χ3n) is 4.09. The number of methoxy groups -OCH3 is 2. The molecule has 138 valence electrons. The Balaban J connectivity index is 1.83. The lowest BCUT2D eigenvalue weighted by Crippen LogP contribution is -2.14. The first kappa shape index (κ1) is 18.9. The summed E-state index contributed by atoms with van der Waals surface area (Å²) in [5, 5.41) is 2.87. The standard InChI is InChI=1S/C21H19BrN2O3/c1-13-17(8-9-18(23-13)14-5-4-6-15(22)11-14)21(25)24-16-7-10-19(26-2)20(12-16)27-3/h4-12H,1-3H3,(H,24,25). The van der Waals surface area contributed by atoms with Crippen molar-refractivity contribution in [3.05, 3.63) is 70.3 Å². The largest absolute Gasteiger partial charge is 0.493 e. The SMILES string of the molecule is COc1ccc(NC(=O)c2ccc(-c3cccc(Br)c3)nc2C)cc1OC. The molecule has 3 rings (SSSR count). The van der Waals surface area contributed by atoms with Crippen molar-refractivity contribution in [2.45, 2.75) is 6.92 Å². The molecule has 1 N–H and O–H groups in total. The molecular formula is C21H19BrN2O3. The van der Waals surface area contributed by atoms with Crippen molar-refractivity contribution < 1.29 is 14.3 Å². The highest BCUT2D eigenvalue weighted by Gasteiger charge is 2.13. The van der Waals surface area contributed by atoms with Crippen LogP contribution in [0.3, 0.4) is 0 Å². The summed E-state index contributed by atoms with van der Waals surface area (Å²) in [6, 6.07) is 16.7. The molecule has 1 heterocycles. The zero-order chi connectivity index (χ0) is 19.4. The van der Waals surface area contributed by atoms with Crippen LogP contribution in [0.4, 0.5) is 5.69 Å². The second-order valence-electron chi connectivity index (χ2n) is 5.86. The number of aromatic nitrogens is 1. The van der Waals surface area contributed by atoms with E-state index in [4.69, 9.17) is 9.47 Å². The number of benzene rings is 2. The molecule has 5 nitrogen and oxygen atoms in total. The van der Waals surface area contributed by atoms with Crippen molar-refractivity contribution in [1.29, 1.82) is 0 Å². The number of nitrogens with one attached hydrogen (secondary N) is 1. The maximum absolute atomic E-state index is 12.7. The third kappa shape index (κ3) is 4.28. The number of carbonyl (C=O) groups is 1. The van der Waals surface area contributed by atoms with Gasteiger partial charge in [-0.1, -0.05) is 28.1 Å². The lowest BCUT2D eigenvalue weighted by atomic mass is 10.1. The van der Waals surface area contributed by atoms with Crippen LogP contribution in [0.5, 0.6) is 11.5 Å². The minimum Gasteiger partial charge on any atom is -0.493 e. The van der Waals surface area contributed by atoms with Gasteiger partial charge in [0.2, 0.25) is 0 Å². The third-order valence-corrected chi connectivity index (χ3v) is 4.59. The first-order chi connectivity index (χ1) is 13.0. The molecule has 1 aromatic heterocycles. The Morgan fingerprint density at radius 3 is 2.44 bits per heavy atom. The van der Waals surface area contributed by atoms with E-state index in [-0.39, 0.29) is 5.91 Å². The molecule has 0 radical (unpaired) electrons. The molecule has 0 saturated carbocycles. The molecule has 0 bridgehead atoms. The molecule has 0 saturated heterocycles. The number of aryl methyl sites for hydroxylation is 1. The number of anilines is 1. The fourth-order valence-electron chi connectivity index (χ4n) is 2.72. The molecule has 1 amide bonds. The summed E-state index contributed by atoms with van der Waals surface area (Å²) in [5.41, 5.74) is 3.60. The summed E-state index contributed by atoms with van der Waals surface area (Å²) in [7, 11) is 3.12. The van der Waals surface area contributed by atoms with Crippen LogP contribution in [0.15, 0.2) is 59.1 Å². The molecule has 6 heteroatoms. The molecule has 0 fully saturated rings. The first-order valence-corrected chi connectivity index (χ1v) is 9.08. The second kappa shape index (κ2) is 8.22. The predicted octanol–water partition coefficient (Wildman–Crippen LogP) is 5.09. The van der Waals surface area contributed by atoms with E-state index in [2.05, 4.69) is 26.2 Å². The van der Waals surface area contributed by atoms with Gasteiger partial charge < -0.3 is 14.8 Å². The highest BCUT2D eigenvalue weighted by molar-refractivity contribution is 9.10. The molecular weight excluding hydrogens is 408 g/mol. The van der Waals surface area contributed by atoms with Crippen molar-refractivity contribution >= 4 is 27.5 Å². The van der Waals surface area contributed by atoms with E-state index in [1.165, 1.54) is 0 Å². The van der Waals surface area contributed by atoms with Crippen LogP contribution in [0.1, 0.15) is 16.1 Å². The number of hydrogen-bond donors (Lipinski definition) is 1. The van der Waals surface area contributed by atoms with Crippen LogP contribution >= 0.6 is 15.9 Å². The monoisotopic (exact) mass is 426 g/mol. The Labute approximate surface area is 166 Å². The van der Waals surface area contributed by atoms with Gasteiger partial charge in [0.25, 0.3) is 5.91 Å². The Morgan fingerprint density at radius 2 is 1.78 bits per heavy atom. The van der Waals surface area contributed by atoms with Crippen molar-refractivity contribution in [2.75, 3.05) is 19.5 Å². The highest BCUT2D eigenvalue weighted by Crippen LogP contribution is 2.30. The van der Waals surface area contributed by atoms with Gasteiger partial charge in [-0.05, 0) is 43.3 Å². The van der Waals surface area contributed by atoms with Gasteiger partial charge >= 0.3 is 0 Å². The molecule has 0 aliphatic carbocycles. The van der Waals surface area contributed by atoms with Crippen molar-refractivity contribution in [3.8, 4) is 22.8 Å². The summed E-state index contributed by atoms with van der Waals surface area (Å²) in [5.74, 6) is 0.926. The van der Waals surface area contributed by atoms with Crippen LogP contribution in [0.25, 0.3) is 11.3 Å². The van der Waals surface area contributed by atoms with Gasteiger partial charge in [0, 0.05) is 21.8 Å². The Hall–Kier alpha value is -2.86. The molecule has 2 aromatic carbocycles.